The fourth-order valence-electron chi connectivity index (χ4n) is 1.86. The molecular formula is C12H18N2O. The monoisotopic (exact) mass is 206 g/mol. The number of aromatic nitrogens is 1. The third kappa shape index (κ3) is 2.29. The number of nitrogens with zero attached hydrogens (tertiary/aromatic N) is 2. The summed E-state index contributed by atoms with van der Waals surface area (Å²) in [7, 11) is 2.08. The van der Waals surface area contributed by atoms with Crippen molar-refractivity contribution in [3.05, 3.63) is 23.9 Å². The zero-order valence-electron chi connectivity index (χ0n) is 9.35. The molecule has 2 rings (SSSR count). The highest BCUT2D eigenvalue weighted by Gasteiger charge is 2.30. The van der Waals surface area contributed by atoms with Crippen LogP contribution >= 0.6 is 0 Å². The topological polar surface area (TPSA) is 36.4 Å². The maximum Gasteiger partial charge on any atom is 0.128 e. The maximum atomic E-state index is 9.06. The van der Waals surface area contributed by atoms with Crippen LogP contribution in [0, 0.1) is 5.92 Å². The minimum absolute atomic E-state index is 0.0845. The van der Waals surface area contributed by atoms with Gasteiger partial charge in [0, 0.05) is 19.3 Å². The molecule has 1 aromatic heterocycles. The van der Waals surface area contributed by atoms with E-state index in [1.54, 1.807) is 6.20 Å². The molecule has 82 valence electrons. The highest BCUT2D eigenvalue weighted by Crippen LogP contribution is 2.35. The molecule has 1 saturated carbocycles. The maximum absolute atomic E-state index is 9.06. The molecule has 1 aromatic rings. The summed E-state index contributed by atoms with van der Waals surface area (Å²) in [5.74, 6) is 1.79. The molecule has 1 aliphatic carbocycles. The van der Waals surface area contributed by atoms with E-state index < -0.39 is 0 Å². The molecule has 3 nitrogen and oxygen atoms in total. The summed E-state index contributed by atoms with van der Waals surface area (Å²) in [4.78, 5) is 6.54. The molecule has 0 radical (unpaired) electrons. The van der Waals surface area contributed by atoms with Gasteiger partial charge in [-0.25, -0.2) is 4.98 Å². The van der Waals surface area contributed by atoms with Gasteiger partial charge in [0.25, 0.3) is 0 Å². The lowest BCUT2D eigenvalue weighted by Crippen LogP contribution is -2.31. The van der Waals surface area contributed by atoms with E-state index in [9.17, 15) is 0 Å². The number of hydrogen-bond acceptors (Lipinski definition) is 3. The van der Waals surface area contributed by atoms with Gasteiger partial charge in [-0.1, -0.05) is 0 Å². The first-order valence-electron chi connectivity index (χ1n) is 5.51. The number of pyridine rings is 1. The molecule has 1 heterocycles. The first kappa shape index (κ1) is 10.4. The second-order valence-corrected chi connectivity index (χ2v) is 4.37. The summed E-state index contributed by atoms with van der Waals surface area (Å²) in [6, 6.07) is 4.35. The van der Waals surface area contributed by atoms with Crippen molar-refractivity contribution < 1.29 is 5.11 Å². The van der Waals surface area contributed by atoms with Gasteiger partial charge in [-0.05, 0) is 43.4 Å². The minimum atomic E-state index is 0.0845. The third-order valence-electron chi connectivity index (χ3n) is 3.27. The molecule has 1 unspecified atom stereocenters. The SMILES string of the molecule is CC(C1CC1)N(C)c1cc(CO)ccn1. The summed E-state index contributed by atoms with van der Waals surface area (Å²) in [5.41, 5.74) is 0.926. The van der Waals surface area contributed by atoms with Crippen molar-refractivity contribution >= 4 is 5.82 Å². The van der Waals surface area contributed by atoms with Gasteiger partial charge in [0.15, 0.2) is 0 Å². The minimum Gasteiger partial charge on any atom is -0.392 e. The van der Waals surface area contributed by atoms with Crippen molar-refractivity contribution in [3.8, 4) is 0 Å². The predicted octanol–water partition coefficient (Wildman–Crippen LogP) is 1.81. The second-order valence-electron chi connectivity index (χ2n) is 4.37. The van der Waals surface area contributed by atoms with Crippen LogP contribution in [0.3, 0.4) is 0 Å². The van der Waals surface area contributed by atoms with E-state index in [4.69, 9.17) is 5.11 Å². The largest absolute Gasteiger partial charge is 0.392 e. The molecular weight excluding hydrogens is 188 g/mol. The van der Waals surface area contributed by atoms with Crippen molar-refractivity contribution in [2.24, 2.45) is 5.92 Å². The smallest absolute Gasteiger partial charge is 0.128 e. The molecule has 15 heavy (non-hydrogen) atoms. The van der Waals surface area contributed by atoms with Gasteiger partial charge in [0.2, 0.25) is 0 Å². The Balaban J connectivity index is 2.12. The van der Waals surface area contributed by atoms with Crippen molar-refractivity contribution in [1.29, 1.82) is 0 Å². The van der Waals surface area contributed by atoms with Crippen molar-refractivity contribution in [1.82, 2.24) is 4.98 Å². The number of aliphatic hydroxyl groups excluding tert-OH is 1. The van der Waals surface area contributed by atoms with Crippen LogP contribution in [0.1, 0.15) is 25.3 Å². The fraction of sp³-hybridized carbons (Fsp3) is 0.583. The fourth-order valence-corrected chi connectivity index (χ4v) is 1.86. The van der Waals surface area contributed by atoms with Crippen molar-refractivity contribution in [2.45, 2.75) is 32.4 Å². The Morgan fingerprint density at radius 1 is 1.60 bits per heavy atom. The third-order valence-corrected chi connectivity index (χ3v) is 3.27. The first-order chi connectivity index (χ1) is 7.22. The quantitative estimate of drug-likeness (QED) is 0.816. The van der Waals surface area contributed by atoms with E-state index in [1.807, 2.05) is 12.1 Å². The van der Waals surface area contributed by atoms with Gasteiger partial charge in [-0.3, -0.25) is 0 Å². The molecule has 0 aliphatic heterocycles. The van der Waals surface area contributed by atoms with Gasteiger partial charge >= 0.3 is 0 Å². The van der Waals surface area contributed by atoms with Gasteiger partial charge in [0.1, 0.15) is 5.82 Å². The number of anilines is 1. The lowest BCUT2D eigenvalue weighted by Gasteiger charge is -2.26. The van der Waals surface area contributed by atoms with Gasteiger partial charge in [0.05, 0.1) is 6.61 Å². The Morgan fingerprint density at radius 2 is 2.33 bits per heavy atom. The van der Waals surface area contributed by atoms with Crippen LogP contribution < -0.4 is 4.90 Å². The Labute approximate surface area is 90.8 Å². The number of rotatable bonds is 4. The summed E-state index contributed by atoms with van der Waals surface area (Å²) in [6.45, 7) is 2.33. The van der Waals surface area contributed by atoms with Crippen LogP contribution in [0.25, 0.3) is 0 Å². The summed E-state index contributed by atoms with van der Waals surface area (Å²) in [6.07, 6.45) is 4.44. The van der Waals surface area contributed by atoms with Crippen LogP contribution in [0.5, 0.6) is 0 Å². The molecule has 1 aliphatic rings. The summed E-state index contributed by atoms with van der Waals surface area (Å²) < 4.78 is 0. The highest BCUT2D eigenvalue weighted by molar-refractivity contribution is 5.41. The lowest BCUT2D eigenvalue weighted by atomic mass is 10.2. The molecule has 1 atom stereocenters. The van der Waals surface area contributed by atoms with Crippen molar-refractivity contribution in [3.63, 3.8) is 0 Å². The van der Waals surface area contributed by atoms with Crippen LogP contribution in [-0.2, 0) is 6.61 Å². The van der Waals surface area contributed by atoms with E-state index in [0.717, 1.165) is 17.3 Å². The van der Waals surface area contributed by atoms with Gasteiger partial charge in [-0.2, -0.15) is 0 Å². The zero-order chi connectivity index (χ0) is 10.8. The Bertz CT molecular complexity index is 336. The second kappa shape index (κ2) is 4.19. The zero-order valence-corrected chi connectivity index (χ0v) is 9.35. The number of aliphatic hydroxyl groups is 1. The first-order valence-corrected chi connectivity index (χ1v) is 5.51. The highest BCUT2D eigenvalue weighted by atomic mass is 16.3. The van der Waals surface area contributed by atoms with Crippen LogP contribution in [0.15, 0.2) is 18.3 Å². The average molecular weight is 206 g/mol. The summed E-state index contributed by atoms with van der Waals surface area (Å²) in [5, 5.41) is 9.06. The van der Waals surface area contributed by atoms with E-state index >= 15 is 0 Å². The molecule has 1 N–H and O–H groups in total. The molecule has 0 spiro atoms. The van der Waals surface area contributed by atoms with Crippen molar-refractivity contribution in [2.75, 3.05) is 11.9 Å². The normalized spacial score (nSPS) is 17.5. The van der Waals surface area contributed by atoms with E-state index in [0.29, 0.717) is 6.04 Å². The molecule has 0 aromatic carbocycles. The van der Waals surface area contributed by atoms with Gasteiger partial charge in [-0.15, -0.1) is 0 Å². The van der Waals surface area contributed by atoms with E-state index in [-0.39, 0.29) is 6.61 Å². The molecule has 0 saturated heterocycles. The predicted molar refractivity (Wildman–Crippen MR) is 60.7 cm³/mol. The molecule has 0 amide bonds. The lowest BCUT2D eigenvalue weighted by molar-refractivity contribution is 0.281. The van der Waals surface area contributed by atoms with E-state index in [1.165, 1.54) is 12.8 Å². The molecule has 1 fully saturated rings. The van der Waals surface area contributed by atoms with Crippen LogP contribution in [0.2, 0.25) is 0 Å². The Kier molecular flexibility index (Phi) is 2.91. The molecule has 3 heteroatoms. The van der Waals surface area contributed by atoms with Crippen LogP contribution in [-0.4, -0.2) is 23.2 Å². The summed E-state index contributed by atoms with van der Waals surface area (Å²) >= 11 is 0. The van der Waals surface area contributed by atoms with Gasteiger partial charge < -0.3 is 10.0 Å². The number of hydrogen-bond donors (Lipinski definition) is 1. The Morgan fingerprint density at radius 3 is 2.93 bits per heavy atom. The molecule has 0 bridgehead atoms. The standard InChI is InChI=1S/C12H18N2O/c1-9(11-3-4-11)14(2)12-7-10(8-15)5-6-13-12/h5-7,9,11,15H,3-4,8H2,1-2H3. The average Bonchev–Trinajstić information content (AvgIpc) is 3.11. The Hall–Kier alpha value is -1.09. The van der Waals surface area contributed by atoms with Crippen LogP contribution in [0.4, 0.5) is 5.82 Å². The van der Waals surface area contributed by atoms with E-state index in [2.05, 4.69) is 23.9 Å².